The Balaban J connectivity index is 3.06. The Bertz CT molecular complexity index is 303. The summed E-state index contributed by atoms with van der Waals surface area (Å²) < 4.78 is 10.2. The Kier molecular flexibility index (Phi) is 3.94. The van der Waals surface area contributed by atoms with E-state index < -0.39 is 12.1 Å². The quantitative estimate of drug-likeness (QED) is 0.782. The molecule has 0 amide bonds. The molecular weight excluding hydrogens is 194 g/mol. The summed E-state index contributed by atoms with van der Waals surface area (Å²) in [4.78, 5) is 0. The highest BCUT2D eigenvalue weighted by Gasteiger charge is 2.14. The molecule has 1 aromatic carbocycles. The van der Waals surface area contributed by atoms with Gasteiger partial charge in [-0.1, -0.05) is 0 Å². The Morgan fingerprint density at radius 2 is 1.60 bits per heavy atom. The van der Waals surface area contributed by atoms with Crippen LogP contribution in [0.1, 0.15) is 18.5 Å². The molecule has 0 aliphatic carbocycles. The molecule has 4 heteroatoms. The summed E-state index contributed by atoms with van der Waals surface area (Å²) in [5, 5.41) is 9.39. The van der Waals surface area contributed by atoms with Crippen LogP contribution in [0, 0.1) is 0 Å². The molecule has 0 aromatic heterocycles. The van der Waals surface area contributed by atoms with E-state index in [-0.39, 0.29) is 0 Å². The van der Waals surface area contributed by atoms with Crippen LogP contribution in [0.15, 0.2) is 18.2 Å². The van der Waals surface area contributed by atoms with Gasteiger partial charge in [0.1, 0.15) is 11.5 Å². The summed E-state index contributed by atoms with van der Waals surface area (Å²) in [5.74, 6) is 1.33. The Hall–Kier alpha value is -1.26. The van der Waals surface area contributed by atoms with E-state index in [2.05, 4.69) is 0 Å². The first kappa shape index (κ1) is 11.8. The smallest absolute Gasteiger partial charge is 0.122 e. The van der Waals surface area contributed by atoms with Crippen molar-refractivity contribution in [3.8, 4) is 11.5 Å². The second kappa shape index (κ2) is 5.00. The SMILES string of the molecule is COc1cc(OC)cc([C@H](N)[C@@H](C)O)c1. The second-order valence-electron chi connectivity index (χ2n) is 3.41. The maximum Gasteiger partial charge on any atom is 0.122 e. The van der Waals surface area contributed by atoms with Crippen LogP contribution in [0.3, 0.4) is 0 Å². The Morgan fingerprint density at radius 3 is 1.93 bits per heavy atom. The minimum atomic E-state index is -0.609. The van der Waals surface area contributed by atoms with Crippen molar-refractivity contribution in [1.82, 2.24) is 0 Å². The van der Waals surface area contributed by atoms with Gasteiger partial charge in [0.15, 0.2) is 0 Å². The van der Waals surface area contributed by atoms with E-state index in [1.165, 1.54) is 0 Å². The van der Waals surface area contributed by atoms with Gasteiger partial charge in [-0.2, -0.15) is 0 Å². The van der Waals surface area contributed by atoms with E-state index >= 15 is 0 Å². The van der Waals surface area contributed by atoms with Gasteiger partial charge in [-0.3, -0.25) is 0 Å². The van der Waals surface area contributed by atoms with Crippen LogP contribution in [-0.2, 0) is 0 Å². The van der Waals surface area contributed by atoms with E-state index in [0.29, 0.717) is 11.5 Å². The molecule has 15 heavy (non-hydrogen) atoms. The fourth-order valence-corrected chi connectivity index (χ4v) is 1.30. The summed E-state index contributed by atoms with van der Waals surface area (Å²) in [6.07, 6.45) is -0.609. The van der Waals surface area contributed by atoms with Crippen LogP contribution in [0.4, 0.5) is 0 Å². The average Bonchev–Trinajstić information content (AvgIpc) is 2.27. The van der Waals surface area contributed by atoms with E-state index in [0.717, 1.165) is 5.56 Å². The molecule has 1 aromatic rings. The standard InChI is InChI=1S/C11H17NO3/c1-7(13)11(12)8-4-9(14-2)6-10(5-8)15-3/h4-7,11,13H,12H2,1-3H3/t7-,11-/m1/s1. The summed E-state index contributed by atoms with van der Waals surface area (Å²) in [6, 6.07) is 4.91. The number of hydrogen-bond acceptors (Lipinski definition) is 4. The predicted molar refractivity (Wildman–Crippen MR) is 58.2 cm³/mol. The van der Waals surface area contributed by atoms with E-state index in [1.54, 1.807) is 39.3 Å². The minimum absolute atomic E-state index is 0.436. The third-order valence-electron chi connectivity index (χ3n) is 2.28. The van der Waals surface area contributed by atoms with Crippen molar-refractivity contribution >= 4 is 0 Å². The molecule has 3 N–H and O–H groups in total. The highest BCUT2D eigenvalue weighted by Crippen LogP contribution is 2.26. The molecule has 1 rings (SSSR count). The van der Waals surface area contributed by atoms with Crippen LogP contribution >= 0.6 is 0 Å². The van der Waals surface area contributed by atoms with Gasteiger partial charge in [0.25, 0.3) is 0 Å². The number of benzene rings is 1. The molecule has 84 valence electrons. The molecule has 0 radical (unpaired) electrons. The molecule has 4 nitrogen and oxygen atoms in total. The van der Waals surface area contributed by atoms with Crippen molar-refractivity contribution in [2.24, 2.45) is 5.73 Å². The summed E-state index contributed by atoms with van der Waals surface area (Å²) >= 11 is 0. The number of ether oxygens (including phenoxy) is 2. The number of methoxy groups -OCH3 is 2. The fraction of sp³-hybridized carbons (Fsp3) is 0.455. The molecule has 2 atom stereocenters. The summed E-state index contributed by atoms with van der Waals surface area (Å²) in [7, 11) is 3.15. The lowest BCUT2D eigenvalue weighted by atomic mass is 10.0. The molecule has 0 saturated heterocycles. The maximum absolute atomic E-state index is 9.39. The van der Waals surface area contributed by atoms with Crippen molar-refractivity contribution < 1.29 is 14.6 Å². The number of hydrogen-bond donors (Lipinski definition) is 2. The molecular formula is C11H17NO3. The van der Waals surface area contributed by atoms with E-state index in [9.17, 15) is 5.11 Å². The lowest BCUT2D eigenvalue weighted by molar-refractivity contribution is 0.164. The van der Waals surface area contributed by atoms with Gasteiger partial charge < -0.3 is 20.3 Å². The maximum atomic E-state index is 9.39. The van der Waals surface area contributed by atoms with Crippen molar-refractivity contribution in [1.29, 1.82) is 0 Å². The highest BCUT2D eigenvalue weighted by molar-refractivity contribution is 5.40. The lowest BCUT2D eigenvalue weighted by Crippen LogP contribution is -2.23. The van der Waals surface area contributed by atoms with E-state index in [1.807, 2.05) is 0 Å². The van der Waals surface area contributed by atoms with Crippen LogP contribution in [0.25, 0.3) is 0 Å². The van der Waals surface area contributed by atoms with Gasteiger partial charge in [0.2, 0.25) is 0 Å². The molecule has 0 unspecified atom stereocenters. The molecule has 0 spiro atoms. The predicted octanol–water partition coefficient (Wildman–Crippen LogP) is 1.08. The largest absolute Gasteiger partial charge is 0.497 e. The molecule has 0 bridgehead atoms. The van der Waals surface area contributed by atoms with E-state index in [4.69, 9.17) is 15.2 Å². The zero-order valence-electron chi connectivity index (χ0n) is 9.23. The minimum Gasteiger partial charge on any atom is -0.497 e. The molecule has 0 aliphatic heterocycles. The molecule has 0 fully saturated rings. The zero-order chi connectivity index (χ0) is 11.4. The van der Waals surface area contributed by atoms with Crippen LogP contribution in [0.2, 0.25) is 0 Å². The van der Waals surface area contributed by atoms with Gasteiger partial charge in [-0.15, -0.1) is 0 Å². The third-order valence-corrected chi connectivity index (χ3v) is 2.28. The molecule has 0 saturated carbocycles. The van der Waals surface area contributed by atoms with Gasteiger partial charge in [-0.05, 0) is 24.6 Å². The first-order valence-electron chi connectivity index (χ1n) is 4.75. The normalized spacial score (nSPS) is 14.5. The number of aliphatic hydroxyl groups excluding tert-OH is 1. The fourth-order valence-electron chi connectivity index (χ4n) is 1.30. The Morgan fingerprint density at radius 1 is 1.13 bits per heavy atom. The van der Waals surface area contributed by atoms with Crippen molar-refractivity contribution in [2.75, 3.05) is 14.2 Å². The Labute approximate surface area is 89.6 Å². The lowest BCUT2D eigenvalue weighted by Gasteiger charge is -2.16. The van der Waals surface area contributed by atoms with Gasteiger partial charge in [-0.25, -0.2) is 0 Å². The topological polar surface area (TPSA) is 64.7 Å². The van der Waals surface area contributed by atoms with Crippen molar-refractivity contribution in [2.45, 2.75) is 19.1 Å². The molecule has 0 heterocycles. The van der Waals surface area contributed by atoms with Crippen molar-refractivity contribution in [3.05, 3.63) is 23.8 Å². The number of nitrogens with two attached hydrogens (primary N) is 1. The highest BCUT2D eigenvalue weighted by atomic mass is 16.5. The average molecular weight is 211 g/mol. The van der Waals surface area contributed by atoms with Crippen LogP contribution in [0.5, 0.6) is 11.5 Å². The van der Waals surface area contributed by atoms with Crippen LogP contribution < -0.4 is 15.2 Å². The van der Waals surface area contributed by atoms with Crippen molar-refractivity contribution in [3.63, 3.8) is 0 Å². The number of rotatable bonds is 4. The first-order chi connectivity index (χ1) is 7.08. The third kappa shape index (κ3) is 2.84. The summed E-state index contributed by atoms with van der Waals surface area (Å²) in [6.45, 7) is 1.65. The monoisotopic (exact) mass is 211 g/mol. The van der Waals surface area contributed by atoms with Gasteiger partial charge in [0, 0.05) is 6.07 Å². The molecule has 0 aliphatic rings. The van der Waals surface area contributed by atoms with Gasteiger partial charge >= 0.3 is 0 Å². The second-order valence-corrected chi connectivity index (χ2v) is 3.41. The van der Waals surface area contributed by atoms with Gasteiger partial charge in [0.05, 0.1) is 26.4 Å². The zero-order valence-corrected chi connectivity index (χ0v) is 9.23. The number of aliphatic hydroxyl groups is 1. The first-order valence-corrected chi connectivity index (χ1v) is 4.75. The van der Waals surface area contributed by atoms with Crippen LogP contribution in [-0.4, -0.2) is 25.4 Å². The summed E-state index contributed by atoms with van der Waals surface area (Å²) in [5.41, 5.74) is 6.62.